The van der Waals surface area contributed by atoms with Gasteiger partial charge < -0.3 is 10.6 Å². The molecule has 0 bridgehead atoms. The fourth-order valence-electron chi connectivity index (χ4n) is 2.58. The highest BCUT2D eigenvalue weighted by Crippen LogP contribution is 2.19. The maximum atomic E-state index is 11.9. The molecule has 1 saturated carbocycles. The third-order valence-corrected chi connectivity index (χ3v) is 3.92. The van der Waals surface area contributed by atoms with E-state index in [2.05, 4.69) is 10.6 Å². The van der Waals surface area contributed by atoms with Crippen molar-refractivity contribution >= 4 is 17.5 Å². The first-order valence-corrected chi connectivity index (χ1v) is 7.21. The first kappa shape index (κ1) is 14.6. The van der Waals surface area contributed by atoms with Crippen molar-refractivity contribution in [3.63, 3.8) is 0 Å². The van der Waals surface area contributed by atoms with Crippen LogP contribution in [-0.4, -0.2) is 17.9 Å². The standard InChI is InChI=1S/C16H22N2O2/c1-11-6-5-9-14(12(11)2)18-16(20)10-15(19)17-13-7-3-4-8-13/h5-6,9,13H,3-4,7-8,10H2,1-2H3,(H,17,19)(H,18,20). The first-order chi connectivity index (χ1) is 9.56. The summed E-state index contributed by atoms with van der Waals surface area (Å²) in [6.07, 6.45) is 4.29. The summed E-state index contributed by atoms with van der Waals surface area (Å²) in [5, 5.41) is 5.73. The number of amides is 2. The second-order valence-corrected chi connectivity index (χ2v) is 5.52. The Morgan fingerprint density at radius 1 is 1.15 bits per heavy atom. The molecule has 0 saturated heterocycles. The number of carbonyl (C=O) groups excluding carboxylic acids is 2. The molecule has 1 aliphatic rings. The molecule has 20 heavy (non-hydrogen) atoms. The van der Waals surface area contributed by atoms with Crippen molar-refractivity contribution in [2.75, 3.05) is 5.32 Å². The maximum Gasteiger partial charge on any atom is 0.233 e. The third kappa shape index (κ3) is 3.83. The first-order valence-electron chi connectivity index (χ1n) is 7.21. The van der Waals surface area contributed by atoms with Crippen LogP contribution in [0.4, 0.5) is 5.69 Å². The Labute approximate surface area is 119 Å². The fourth-order valence-corrected chi connectivity index (χ4v) is 2.58. The molecular weight excluding hydrogens is 252 g/mol. The Bertz CT molecular complexity index is 505. The van der Waals surface area contributed by atoms with Crippen molar-refractivity contribution < 1.29 is 9.59 Å². The third-order valence-electron chi connectivity index (χ3n) is 3.92. The van der Waals surface area contributed by atoms with Crippen molar-refractivity contribution in [2.45, 2.75) is 52.0 Å². The predicted octanol–water partition coefficient (Wildman–Crippen LogP) is 2.69. The van der Waals surface area contributed by atoms with Crippen molar-refractivity contribution in [1.29, 1.82) is 0 Å². The molecule has 0 radical (unpaired) electrons. The molecule has 1 aromatic carbocycles. The van der Waals surface area contributed by atoms with Gasteiger partial charge in [-0.15, -0.1) is 0 Å². The Morgan fingerprint density at radius 2 is 1.85 bits per heavy atom. The van der Waals surface area contributed by atoms with E-state index in [1.807, 2.05) is 32.0 Å². The Kier molecular flexibility index (Phi) is 4.77. The van der Waals surface area contributed by atoms with E-state index in [9.17, 15) is 9.59 Å². The summed E-state index contributed by atoms with van der Waals surface area (Å²) < 4.78 is 0. The van der Waals surface area contributed by atoms with Gasteiger partial charge in [-0.3, -0.25) is 9.59 Å². The van der Waals surface area contributed by atoms with E-state index in [4.69, 9.17) is 0 Å². The largest absolute Gasteiger partial charge is 0.353 e. The quantitative estimate of drug-likeness (QED) is 0.829. The van der Waals surface area contributed by atoms with Gasteiger partial charge in [0.1, 0.15) is 6.42 Å². The molecule has 0 unspecified atom stereocenters. The molecular formula is C16H22N2O2. The second-order valence-electron chi connectivity index (χ2n) is 5.52. The fraction of sp³-hybridized carbons (Fsp3) is 0.500. The smallest absolute Gasteiger partial charge is 0.233 e. The number of hydrogen-bond acceptors (Lipinski definition) is 2. The molecule has 0 spiro atoms. The second kappa shape index (κ2) is 6.55. The summed E-state index contributed by atoms with van der Waals surface area (Å²) in [6.45, 7) is 3.96. The number of hydrogen-bond donors (Lipinski definition) is 2. The Hall–Kier alpha value is -1.84. The summed E-state index contributed by atoms with van der Waals surface area (Å²) in [5.41, 5.74) is 2.94. The van der Waals surface area contributed by atoms with Gasteiger partial charge in [-0.05, 0) is 43.9 Å². The monoisotopic (exact) mass is 274 g/mol. The molecule has 2 N–H and O–H groups in total. The lowest BCUT2D eigenvalue weighted by Gasteiger charge is -2.13. The van der Waals surface area contributed by atoms with Crippen LogP contribution in [0.15, 0.2) is 18.2 Å². The zero-order valence-electron chi connectivity index (χ0n) is 12.2. The van der Waals surface area contributed by atoms with Crippen LogP contribution in [0.25, 0.3) is 0 Å². The van der Waals surface area contributed by atoms with Crippen LogP contribution in [0.1, 0.15) is 43.2 Å². The van der Waals surface area contributed by atoms with E-state index in [-0.39, 0.29) is 24.3 Å². The predicted molar refractivity (Wildman–Crippen MR) is 79.6 cm³/mol. The van der Waals surface area contributed by atoms with Gasteiger partial charge in [0.25, 0.3) is 0 Å². The minimum absolute atomic E-state index is 0.107. The van der Waals surface area contributed by atoms with Gasteiger partial charge in [-0.25, -0.2) is 0 Å². The minimum atomic E-state index is -0.255. The summed E-state index contributed by atoms with van der Waals surface area (Å²) >= 11 is 0. The molecule has 0 aromatic heterocycles. The maximum absolute atomic E-state index is 11.9. The van der Waals surface area contributed by atoms with Crippen LogP contribution >= 0.6 is 0 Å². The number of aryl methyl sites for hydroxylation is 1. The van der Waals surface area contributed by atoms with Gasteiger partial charge >= 0.3 is 0 Å². The van der Waals surface area contributed by atoms with E-state index in [1.54, 1.807) is 0 Å². The molecule has 0 aliphatic heterocycles. The number of carbonyl (C=O) groups is 2. The SMILES string of the molecule is Cc1cccc(NC(=O)CC(=O)NC2CCCC2)c1C. The topological polar surface area (TPSA) is 58.2 Å². The van der Waals surface area contributed by atoms with Crippen molar-refractivity contribution in [3.05, 3.63) is 29.3 Å². The lowest BCUT2D eigenvalue weighted by Crippen LogP contribution is -2.35. The molecule has 1 aliphatic carbocycles. The zero-order chi connectivity index (χ0) is 14.5. The van der Waals surface area contributed by atoms with Crippen LogP contribution in [0, 0.1) is 13.8 Å². The number of rotatable bonds is 4. The number of anilines is 1. The van der Waals surface area contributed by atoms with Gasteiger partial charge in [0.15, 0.2) is 0 Å². The number of nitrogens with one attached hydrogen (secondary N) is 2. The van der Waals surface area contributed by atoms with Gasteiger partial charge in [-0.1, -0.05) is 25.0 Å². The van der Waals surface area contributed by atoms with Crippen LogP contribution in [-0.2, 0) is 9.59 Å². The van der Waals surface area contributed by atoms with E-state index < -0.39 is 0 Å². The molecule has 1 aromatic rings. The highest BCUT2D eigenvalue weighted by Gasteiger charge is 2.18. The van der Waals surface area contributed by atoms with Gasteiger partial charge in [-0.2, -0.15) is 0 Å². The van der Waals surface area contributed by atoms with Crippen LogP contribution in [0.3, 0.4) is 0 Å². The van der Waals surface area contributed by atoms with Gasteiger partial charge in [0, 0.05) is 11.7 Å². The van der Waals surface area contributed by atoms with E-state index in [0.717, 1.165) is 29.7 Å². The summed E-state index contributed by atoms with van der Waals surface area (Å²) in [4.78, 5) is 23.7. The molecule has 2 amide bonds. The van der Waals surface area contributed by atoms with E-state index in [0.29, 0.717) is 0 Å². The normalized spacial score (nSPS) is 15.1. The van der Waals surface area contributed by atoms with Crippen LogP contribution in [0.2, 0.25) is 0 Å². The van der Waals surface area contributed by atoms with Gasteiger partial charge in [0.05, 0.1) is 0 Å². The molecule has 0 atom stereocenters. The van der Waals surface area contributed by atoms with E-state index >= 15 is 0 Å². The van der Waals surface area contributed by atoms with Crippen LogP contribution in [0.5, 0.6) is 0 Å². The van der Waals surface area contributed by atoms with Crippen molar-refractivity contribution in [3.8, 4) is 0 Å². The van der Waals surface area contributed by atoms with Crippen LogP contribution < -0.4 is 10.6 Å². The molecule has 4 nitrogen and oxygen atoms in total. The lowest BCUT2D eigenvalue weighted by atomic mass is 10.1. The van der Waals surface area contributed by atoms with E-state index in [1.165, 1.54) is 12.8 Å². The zero-order valence-corrected chi connectivity index (χ0v) is 12.2. The van der Waals surface area contributed by atoms with Gasteiger partial charge in [0.2, 0.25) is 11.8 Å². The molecule has 108 valence electrons. The highest BCUT2D eigenvalue weighted by molar-refractivity contribution is 6.04. The molecule has 4 heteroatoms. The molecule has 0 heterocycles. The summed E-state index contributed by atoms with van der Waals surface area (Å²) in [6, 6.07) is 6.01. The number of benzene rings is 1. The summed E-state index contributed by atoms with van der Waals surface area (Å²) in [7, 11) is 0. The Morgan fingerprint density at radius 3 is 2.55 bits per heavy atom. The minimum Gasteiger partial charge on any atom is -0.353 e. The Balaban J connectivity index is 1.85. The lowest BCUT2D eigenvalue weighted by molar-refractivity contribution is -0.127. The van der Waals surface area contributed by atoms with Crippen molar-refractivity contribution in [2.24, 2.45) is 0 Å². The highest BCUT2D eigenvalue weighted by atomic mass is 16.2. The molecule has 1 fully saturated rings. The summed E-state index contributed by atoms with van der Waals surface area (Å²) in [5.74, 6) is -0.436. The average molecular weight is 274 g/mol. The molecule has 2 rings (SSSR count). The average Bonchev–Trinajstić information content (AvgIpc) is 2.87. The van der Waals surface area contributed by atoms with Crippen molar-refractivity contribution in [1.82, 2.24) is 5.32 Å².